The molecule has 3 heterocycles. The smallest absolute Gasteiger partial charge is 0.337 e. The Kier molecular flexibility index (Phi) is 5.28. The summed E-state index contributed by atoms with van der Waals surface area (Å²) in [5.41, 5.74) is 1.04. The number of rotatable bonds is 5. The predicted molar refractivity (Wildman–Crippen MR) is 89.5 cm³/mol. The third-order valence-corrected chi connectivity index (χ3v) is 5.44. The summed E-state index contributed by atoms with van der Waals surface area (Å²) in [7, 11) is 2.23. The van der Waals surface area contributed by atoms with Crippen LogP contribution in [0.1, 0.15) is 54.6 Å². The van der Waals surface area contributed by atoms with Gasteiger partial charge < -0.3 is 10.0 Å². The highest BCUT2D eigenvalue weighted by Crippen LogP contribution is 2.28. The van der Waals surface area contributed by atoms with Crippen LogP contribution < -0.4 is 0 Å². The molecule has 0 radical (unpaired) electrons. The van der Waals surface area contributed by atoms with Crippen molar-refractivity contribution in [3.8, 4) is 0 Å². The van der Waals surface area contributed by atoms with E-state index in [9.17, 15) is 9.90 Å². The Hall–Kier alpha value is -1.46. The summed E-state index contributed by atoms with van der Waals surface area (Å²) < 4.78 is 0. The van der Waals surface area contributed by atoms with Crippen LogP contribution in [0.5, 0.6) is 0 Å². The number of aromatic nitrogens is 1. The summed E-state index contributed by atoms with van der Waals surface area (Å²) in [4.78, 5) is 20.7. The molecule has 1 aromatic rings. The quantitative estimate of drug-likeness (QED) is 0.905. The predicted octanol–water partition coefficient (Wildman–Crippen LogP) is 2.62. The van der Waals surface area contributed by atoms with Crippen molar-refractivity contribution >= 4 is 5.97 Å². The molecule has 2 atom stereocenters. The number of aromatic carboxylic acids is 1. The Bertz CT molecular complexity index is 549. The fourth-order valence-electron chi connectivity index (χ4n) is 4.08. The average molecular weight is 317 g/mol. The molecule has 0 saturated carbocycles. The first-order chi connectivity index (χ1) is 11.1. The van der Waals surface area contributed by atoms with E-state index < -0.39 is 5.97 Å². The number of hydrogen-bond acceptors (Lipinski definition) is 4. The molecule has 23 heavy (non-hydrogen) atoms. The lowest BCUT2D eigenvalue weighted by molar-refractivity contribution is 0.0689. The van der Waals surface area contributed by atoms with Gasteiger partial charge in [0.25, 0.3) is 0 Å². The third kappa shape index (κ3) is 3.90. The fraction of sp³-hybridized carbons (Fsp3) is 0.667. The number of hydrogen-bond donors (Lipinski definition) is 1. The minimum atomic E-state index is -0.878. The number of carbonyl (C=O) groups is 1. The van der Waals surface area contributed by atoms with Gasteiger partial charge in [0.2, 0.25) is 0 Å². The van der Waals surface area contributed by atoms with E-state index in [1.54, 1.807) is 18.3 Å². The van der Waals surface area contributed by atoms with E-state index in [0.29, 0.717) is 29.9 Å². The largest absolute Gasteiger partial charge is 0.478 e. The number of likely N-dealkylation sites (tertiary alicyclic amines) is 2. The standard InChI is InChI=1S/C18H27N3O2/c1-20-10-5-7-14(20)12-15-6-2-3-11-21(15)13-17-16(18(22)23)8-4-9-19-17/h4,8-9,14-15H,2-3,5-7,10-13H2,1H3,(H,22,23)/t14-,15?/m0/s1. The Morgan fingerprint density at radius 3 is 2.83 bits per heavy atom. The van der Waals surface area contributed by atoms with Crippen LogP contribution in [0.15, 0.2) is 18.3 Å². The summed E-state index contributed by atoms with van der Waals surface area (Å²) in [5.74, 6) is -0.878. The van der Waals surface area contributed by atoms with Crippen LogP contribution in [0.2, 0.25) is 0 Å². The zero-order valence-electron chi connectivity index (χ0n) is 13.9. The minimum absolute atomic E-state index is 0.342. The molecule has 1 unspecified atom stereocenters. The zero-order chi connectivity index (χ0) is 16.2. The van der Waals surface area contributed by atoms with E-state index in [4.69, 9.17) is 0 Å². The van der Waals surface area contributed by atoms with Gasteiger partial charge in [0, 0.05) is 24.8 Å². The van der Waals surface area contributed by atoms with Crippen molar-refractivity contribution in [1.82, 2.24) is 14.8 Å². The first kappa shape index (κ1) is 16.4. The van der Waals surface area contributed by atoms with E-state index in [1.165, 1.54) is 45.1 Å². The second-order valence-corrected chi connectivity index (χ2v) is 6.94. The van der Waals surface area contributed by atoms with Crippen LogP contribution in [0.4, 0.5) is 0 Å². The highest BCUT2D eigenvalue weighted by Gasteiger charge is 2.30. The second kappa shape index (κ2) is 7.41. The zero-order valence-corrected chi connectivity index (χ0v) is 13.9. The molecule has 2 aliphatic rings. The van der Waals surface area contributed by atoms with Crippen LogP contribution in [-0.4, -0.2) is 58.1 Å². The molecular formula is C18H27N3O2. The average Bonchev–Trinajstić information content (AvgIpc) is 2.95. The van der Waals surface area contributed by atoms with Gasteiger partial charge in [-0.25, -0.2) is 4.79 Å². The topological polar surface area (TPSA) is 56.7 Å². The molecule has 2 saturated heterocycles. The molecule has 126 valence electrons. The van der Waals surface area contributed by atoms with Crippen molar-refractivity contribution in [3.05, 3.63) is 29.6 Å². The maximum atomic E-state index is 11.4. The van der Waals surface area contributed by atoms with Gasteiger partial charge in [0.1, 0.15) is 0 Å². The summed E-state index contributed by atoms with van der Waals surface area (Å²) in [6.07, 6.45) is 9.21. The lowest BCUT2D eigenvalue weighted by Crippen LogP contribution is -2.43. The van der Waals surface area contributed by atoms with Crippen molar-refractivity contribution in [1.29, 1.82) is 0 Å². The first-order valence-corrected chi connectivity index (χ1v) is 8.76. The van der Waals surface area contributed by atoms with E-state index in [-0.39, 0.29) is 0 Å². The molecule has 0 bridgehead atoms. The lowest BCUT2D eigenvalue weighted by Gasteiger charge is -2.38. The summed E-state index contributed by atoms with van der Waals surface area (Å²) in [5, 5.41) is 9.36. The normalized spacial score (nSPS) is 26.5. The third-order valence-electron chi connectivity index (χ3n) is 5.44. The van der Waals surface area contributed by atoms with E-state index in [2.05, 4.69) is 21.8 Å². The summed E-state index contributed by atoms with van der Waals surface area (Å²) in [6, 6.07) is 4.60. The van der Waals surface area contributed by atoms with E-state index in [0.717, 1.165) is 6.54 Å². The summed E-state index contributed by atoms with van der Waals surface area (Å²) in [6.45, 7) is 2.92. The number of pyridine rings is 1. The molecule has 1 aromatic heterocycles. The Labute approximate surface area is 138 Å². The van der Waals surface area contributed by atoms with Crippen LogP contribution >= 0.6 is 0 Å². The Morgan fingerprint density at radius 2 is 2.09 bits per heavy atom. The van der Waals surface area contributed by atoms with Gasteiger partial charge in [-0.3, -0.25) is 9.88 Å². The SMILES string of the molecule is CN1CCC[C@H]1CC1CCCCN1Cc1ncccc1C(=O)O. The Morgan fingerprint density at radius 1 is 1.26 bits per heavy atom. The molecule has 2 fully saturated rings. The molecule has 1 N–H and O–H groups in total. The molecule has 5 nitrogen and oxygen atoms in total. The van der Waals surface area contributed by atoms with Gasteiger partial charge in [0.05, 0.1) is 11.3 Å². The maximum absolute atomic E-state index is 11.4. The van der Waals surface area contributed by atoms with Crippen LogP contribution in [0.25, 0.3) is 0 Å². The van der Waals surface area contributed by atoms with Crippen molar-refractivity contribution in [2.24, 2.45) is 0 Å². The highest BCUT2D eigenvalue weighted by atomic mass is 16.4. The monoisotopic (exact) mass is 317 g/mol. The van der Waals surface area contributed by atoms with Crippen LogP contribution in [-0.2, 0) is 6.54 Å². The van der Waals surface area contributed by atoms with Gasteiger partial charge in [-0.15, -0.1) is 0 Å². The van der Waals surface area contributed by atoms with Gasteiger partial charge in [-0.1, -0.05) is 6.42 Å². The Balaban J connectivity index is 1.70. The molecule has 5 heteroatoms. The lowest BCUT2D eigenvalue weighted by atomic mass is 9.94. The van der Waals surface area contributed by atoms with Crippen LogP contribution in [0.3, 0.4) is 0 Å². The van der Waals surface area contributed by atoms with Gasteiger partial charge >= 0.3 is 5.97 Å². The van der Waals surface area contributed by atoms with Crippen molar-refractivity contribution < 1.29 is 9.90 Å². The first-order valence-electron chi connectivity index (χ1n) is 8.76. The summed E-state index contributed by atoms with van der Waals surface area (Å²) >= 11 is 0. The molecule has 3 rings (SSSR count). The van der Waals surface area contributed by atoms with Crippen molar-refractivity contribution in [3.63, 3.8) is 0 Å². The van der Waals surface area contributed by atoms with Gasteiger partial charge in [-0.2, -0.15) is 0 Å². The van der Waals surface area contributed by atoms with Gasteiger partial charge in [0.15, 0.2) is 0 Å². The fourth-order valence-corrected chi connectivity index (χ4v) is 4.08. The maximum Gasteiger partial charge on any atom is 0.337 e. The highest BCUT2D eigenvalue weighted by molar-refractivity contribution is 5.88. The van der Waals surface area contributed by atoms with Gasteiger partial charge in [-0.05, 0) is 64.4 Å². The molecule has 0 amide bonds. The number of nitrogens with zero attached hydrogens (tertiary/aromatic N) is 3. The van der Waals surface area contributed by atoms with Crippen molar-refractivity contribution in [2.45, 2.75) is 57.2 Å². The number of carboxylic acids is 1. The molecule has 0 aliphatic carbocycles. The van der Waals surface area contributed by atoms with E-state index in [1.807, 2.05) is 0 Å². The van der Waals surface area contributed by atoms with Crippen LogP contribution in [0, 0.1) is 0 Å². The molecule has 2 aliphatic heterocycles. The second-order valence-electron chi connectivity index (χ2n) is 6.94. The van der Waals surface area contributed by atoms with Crippen molar-refractivity contribution in [2.75, 3.05) is 20.1 Å². The number of piperidine rings is 1. The number of carboxylic acid groups (broad SMARTS) is 1. The molecule has 0 aromatic carbocycles. The molecule has 0 spiro atoms. The molecular weight excluding hydrogens is 290 g/mol. The van der Waals surface area contributed by atoms with E-state index >= 15 is 0 Å². The minimum Gasteiger partial charge on any atom is -0.478 e.